The molecule has 3 N–H and O–H groups in total. The van der Waals surface area contributed by atoms with Gasteiger partial charge in [-0.05, 0) is 35.8 Å². The van der Waals surface area contributed by atoms with Crippen molar-refractivity contribution in [1.82, 2.24) is 9.97 Å². The molecule has 5 heteroatoms. The summed E-state index contributed by atoms with van der Waals surface area (Å²) in [6.07, 6.45) is 6.49. The van der Waals surface area contributed by atoms with Crippen LogP contribution in [-0.4, -0.2) is 28.2 Å². The molecule has 1 unspecified atom stereocenters. The van der Waals surface area contributed by atoms with Gasteiger partial charge >= 0.3 is 0 Å². The number of anilines is 1. The quantitative estimate of drug-likeness (QED) is 0.885. The van der Waals surface area contributed by atoms with Crippen LogP contribution in [0.3, 0.4) is 0 Å². The predicted octanol–water partition coefficient (Wildman–Crippen LogP) is 1.81. The topological polar surface area (TPSA) is 75.3 Å². The Kier molecular flexibility index (Phi) is 3.54. The van der Waals surface area contributed by atoms with Crippen molar-refractivity contribution in [2.75, 3.05) is 18.0 Å². The van der Waals surface area contributed by atoms with Crippen LogP contribution in [0.25, 0.3) is 0 Å². The van der Waals surface area contributed by atoms with Gasteiger partial charge in [0.25, 0.3) is 0 Å². The van der Waals surface area contributed by atoms with Gasteiger partial charge in [-0.25, -0.2) is 4.98 Å². The van der Waals surface area contributed by atoms with Crippen molar-refractivity contribution in [2.24, 2.45) is 11.1 Å². The van der Waals surface area contributed by atoms with E-state index in [1.54, 1.807) is 12.4 Å². The van der Waals surface area contributed by atoms with Crippen molar-refractivity contribution in [3.05, 3.63) is 53.5 Å². The first-order valence-corrected chi connectivity index (χ1v) is 8.23. The molecule has 0 bridgehead atoms. The van der Waals surface area contributed by atoms with Gasteiger partial charge in [0.05, 0.1) is 6.61 Å². The number of hydrogen-bond donors (Lipinski definition) is 2. The van der Waals surface area contributed by atoms with E-state index < -0.39 is 0 Å². The maximum Gasteiger partial charge on any atom is 0.152 e. The van der Waals surface area contributed by atoms with Crippen LogP contribution in [0, 0.1) is 5.41 Å². The van der Waals surface area contributed by atoms with Gasteiger partial charge in [-0.15, -0.1) is 0 Å². The molecule has 1 aromatic heterocycles. The lowest BCUT2D eigenvalue weighted by molar-refractivity contribution is 0.186. The highest BCUT2D eigenvalue weighted by atomic mass is 16.3. The molecule has 1 spiro atoms. The molecule has 120 valence electrons. The van der Waals surface area contributed by atoms with E-state index >= 15 is 0 Å². The second-order valence-corrected chi connectivity index (χ2v) is 6.69. The fourth-order valence-corrected chi connectivity index (χ4v) is 4.20. The summed E-state index contributed by atoms with van der Waals surface area (Å²) in [5.74, 6) is 0.814. The normalized spacial score (nSPS) is 22.3. The zero-order chi connectivity index (χ0) is 15.9. The fraction of sp³-hybridized carbons (Fsp3) is 0.444. The molecule has 0 amide bonds. The molecule has 2 aliphatic rings. The smallest absolute Gasteiger partial charge is 0.152 e. The summed E-state index contributed by atoms with van der Waals surface area (Å²) in [5.41, 5.74) is 10.2. The summed E-state index contributed by atoms with van der Waals surface area (Å²) < 4.78 is 0. The number of fused-ring (bicyclic) bond motifs is 1. The summed E-state index contributed by atoms with van der Waals surface area (Å²) in [5, 5.41) is 9.47. The van der Waals surface area contributed by atoms with Gasteiger partial charge in [0.1, 0.15) is 5.69 Å². The lowest BCUT2D eigenvalue weighted by atomic mass is 9.73. The van der Waals surface area contributed by atoms with Gasteiger partial charge in [-0.2, -0.15) is 0 Å². The van der Waals surface area contributed by atoms with Crippen molar-refractivity contribution >= 4 is 5.82 Å². The van der Waals surface area contributed by atoms with Gasteiger partial charge in [0, 0.05) is 31.5 Å². The Labute approximate surface area is 136 Å². The van der Waals surface area contributed by atoms with Gasteiger partial charge in [-0.1, -0.05) is 24.3 Å². The van der Waals surface area contributed by atoms with E-state index in [0.29, 0.717) is 5.69 Å². The molecule has 1 aromatic carbocycles. The van der Waals surface area contributed by atoms with Crippen LogP contribution in [0.2, 0.25) is 0 Å². The van der Waals surface area contributed by atoms with Crippen LogP contribution in [0.5, 0.6) is 0 Å². The van der Waals surface area contributed by atoms with E-state index in [2.05, 4.69) is 39.1 Å². The molecule has 1 fully saturated rings. The largest absolute Gasteiger partial charge is 0.390 e. The minimum Gasteiger partial charge on any atom is -0.390 e. The molecule has 1 saturated heterocycles. The average Bonchev–Trinajstić information content (AvgIpc) is 2.88. The first-order valence-electron chi connectivity index (χ1n) is 8.23. The van der Waals surface area contributed by atoms with Gasteiger partial charge in [0.2, 0.25) is 0 Å². The van der Waals surface area contributed by atoms with Crippen molar-refractivity contribution in [2.45, 2.75) is 31.9 Å². The SMILES string of the molecule is NC1c2ccccc2CC12CCN(c1nccnc1CO)CC2. The Hall–Kier alpha value is -1.98. The molecule has 1 atom stereocenters. The molecular formula is C18H22N4O. The summed E-state index contributed by atoms with van der Waals surface area (Å²) in [6.45, 7) is 1.75. The highest BCUT2D eigenvalue weighted by Crippen LogP contribution is 2.50. The number of piperidine rings is 1. The third kappa shape index (κ3) is 2.31. The summed E-state index contributed by atoms with van der Waals surface area (Å²) in [7, 11) is 0. The van der Waals surface area contributed by atoms with E-state index in [4.69, 9.17) is 5.73 Å². The number of aliphatic hydroxyl groups is 1. The molecule has 0 radical (unpaired) electrons. The van der Waals surface area contributed by atoms with Gasteiger partial charge in [0.15, 0.2) is 5.82 Å². The molecule has 1 aliphatic heterocycles. The Balaban J connectivity index is 1.54. The zero-order valence-corrected chi connectivity index (χ0v) is 13.2. The first kappa shape index (κ1) is 14.6. The predicted molar refractivity (Wildman–Crippen MR) is 88.9 cm³/mol. The Morgan fingerprint density at radius 3 is 2.65 bits per heavy atom. The van der Waals surface area contributed by atoms with Crippen molar-refractivity contribution in [3.63, 3.8) is 0 Å². The fourth-order valence-electron chi connectivity index (χ4n) is 4.20. The first-order chi connectivity index (χ1) is 11.2. The summed E-state index contributed by atoms with van der Waals surface area (Å²) >= 11 is 0. The molecule has 5 nitrogen and oxygen atoms in total. The zero-order valence-electron chi connectivity index (χ0n) is 13.2. The minimum atomic E-state index is -0.0736. The van der Waals surface area contributed by atoms with E-state index in [-0.39, 0.29) is 18.1 Å². The number of rotatable bonds is 2. The van der Waals surface area contributed by atoms with E-state index in [1.165, 1.54) is 11.1 Å². The third-order valence-corrected chi connectivity index (χ3v) is 5.55. The number of nitrogens with two attached hydrogens (primary N) is 1. The van der Waals surface area contributed by atoms with Crippen LogP contribution in [0.15, 0.2) is 36.7 Å². The van der Waals surface area contributed by atoms with Crippen LogP contribution in [-0.2, 0) is 13.0 Å². The molecular weight excluding hydrogens is 288 g/mol. The maximum absolute atomic E-state index is 9.47. The Morgan fingerprint density at radius 1 is 1.17 bits per heavy atom. The highest BCUT2D eigenvalue weighted by molar-refractivity contribution is 5.45. The summed E-state index contributed by atoms with van der Waals surface area (Å²) in [6, 6.07) is 8.70. The minimum absolute atomic E-state index is 0.0736. The molecule has 2 aromatic rings. The monoisotopic (exact) mass is 310 g/mol. The highest BCUT2D eigenvalue weighted by Gasteiger charge is 2.46. The second-order valence-electron chi connectivity index (χ2n) is 6.69. The Morgan fingerprint density at radius 2 is 1.91 bits per heavy atom. The second kappa shape index (κ2) is 5.58. The van der Waals surface area contributed by atoms with Crippen LogP contribution in [0.1, 0.15) is 35.7 Å². The van der Waals surface area contributed by atoms with Crippen LogP contribution >= 0.6 is 0 Å². The van der Waals surface area contributed by atoms with Gasteiger partial charge < -0.3 is 15.7 Å². The number of aromatic nitrogens is 2. The van der Waals surface area contributed by atoms with Crippen LogP contribution < -0.4 is 10.6 Å². The number of hydrogen-bond acceptors (Lipinski definition) is 5. The standard InChI is InChI=1S/C18H22N4O/c19-16-14-4-2-1-3-13(14)11-18(16)5-9-22(10-6-18)17-15(12-23)20-7-8-21-17/h1-4,7-8,16,23H,5-6,9-12,19H2. The molecule has 2 heterocycles. The van der Waals surface area contributed by atoms with Crippen LogP contribution in [0.4, 0.5) is 5.82 Å². The number of aliphatic hydroxyl groups excluding tert-OH is 1. The number of benzene rings is 1. The molecule has 23 heavy (non-hydrogen) atoms. The average molecular weight is 310 g/mol. The van der Waals surface area contributed by atoms with E-state index in [0.717, 1.165) is 38.2 Å². The molecule has 4 rings (SSSR count). The molecule has 1 aliphatic carbocycles. The molecule has 0 saturated carbocycles. The van der Waals surface area contributed by atoms with E-state index in [9.17, 15) is 5.11 Å². The summed E-state index contributed by atoms with van der Waals surface area (Å²) in [4.78, 5) is 10.9. The number of nitrogens with zero attached hydrogens (tertiary/aromatic N) is 3. The van der Waals surface area contributed by atoms with Crippen molar-refractivity contribution in [3.8, 4) is 0 Å². The lowest BCUT2D eigenvalue weighted by Gasteiger charge is -2.42. The Bertz CT molecular complexity index is 710. The van der Waals surface area contributed by atoms with Gasteiger partial charge in [-0.3, -0.25) is 4.98 Å². The third-order valence-electron chi connectivity index (χ3n) is 5.55. The maximum atomic E-state index is 9.47. The van der Waals surface area contributed by atoms with Crippen molar-refractivity contribution < 1.29 is 5.11 Å². The lowest BCUT2D eigenvalue weighted by Crippen LogP contribution is -2.45. The van der Waals surface area contributed by atoms with E-state index in [1.807, 2.05) is 0 Å². The van der Waals surface area contributed by atoms with Crippen molar-refractivity contribution in [1.29, 1.82) is 0 Å².